The number of rotatable bonds is 6. The topological polar surface area (TPSA) is 80.9 Å². The average Bonchev–Trinajstić information content (AvgIpc) is 2.56. The second kappa shape index (κ2) is 8.42. The van der Waals surface area contributed by atoms with Gasteiger partial charge in [0.1, 0.15) is 0 Å². The Bertz CT molecular complexity index is 745. The molecule has 24 heavy (non-hydrogen) atoms. The Hall–Kier alpha value is -3.22. The first-order chi connectivity index (χ1) is 11.6. The van der Waals surface area contributed by atoms with E-state index in [4.69, 9.17) is 9.47 Å². The van der Waals surface area contributed by atoms with Crippen LogP contribution < -0.4 is 19.5 Å². The molecule has 0 aliphatic heterocycles. The number of amides is 1. The largest absolute Gasteiger partial charge is 0.493 e. The van der Waals surface area contributed by atoms with Crippen molar-refractivity contribution in [3.05, 3.63) is 54.4 Å². The fraction of sp³-hybridized carbons (Fsp3) is 0.176. The molecule has 1 aromatic heterocycles. The summed E-state index contributed by atoms with van der Waals surface area (Å²) in [6, 6.07) is 10.5. The van der Waals surface area contributed by atoms with Crippen molar-refractivity contribution in [2.24, 2.45) is 5.10 Å². The van der Waals surface area contributed by atoms with E-state index in [0.29, 0.717) is 17.1 Å². The molecule has 0 spiro atoms. The van der Waals surface area contributed by atoms with Gasteiger partial charge in [-0.2, -0.15) is 9.67 Å². The highest BCUT2D eigenvalue weighted by molar-refractivity contribution is 5.83. The lowest BCUT2D eigenvalue weighted by atomic mass is 10.2. The zero-order chi connectivity index (χ0) is 17.4. The molecule has 0 aliphatic rings. The maximum atomic E-state index is 11.8. The maximum absolute atomic E-state index is 11.8. The van der Waals surface area contributed by atoms with Gasteiger partial charge in [-0.05, 0) is 23.8 Å². The minimum atomic E-state index is -0.430. The molecule has 0 saturated heterocycles. The van der Waals surface area contributed by atoms with Gasteiger partial charge in [0.15, 0.2) is 23.9 Å². The molecule has 1 N–H and O–H groups in total. The first kappa shape index (κ1) is 17.1. The molecule has 0 fully saturated rings. The van der Waals surface area contributed by atoms with E-state index in [9.17, 15) is 9.59 Å². The molecule has 0 unspecified atom stereocenters. The van der Waals surface area contributed by atoms with E-state index in [1.54, 1.807) is 35.2 Å². The maximum Gasteiger partial charge on any atom is 0.308 e. The van der Waals surface area contributed by atoms with E-state index in [1.165, 1.54) is 20.2 Å². The summed E-state index contributed by atoms with van der Waals surface area (Å²) in [5.74, 6) is 0.0540. The summed E-state index contributed by atoms with van der Waals surface area (Å²) >= 11 is 0. The third-order valence-corrected chi connectivity index (χ3v) is 2.95. The van der Waals surface area contributed by atoms with Crippen molar-refractivity contribution in [1.82, 2.24) is 5.43 Å². The van der Waals surface area contributed by atoms with Crippen molar-refractivity contribution in [3.63, 3.8) is 0 Å². The Labute approximate surface area is 139 Å². The summed E-state index contributed by atoms with van der Waals surface area (Å²) < 4.78 is 11.9. The van der Waals surface area contributed by atoms with Crippen molar-refractivity contribution >= 4 is 18.1 Å². The number of nitrogens with one attached hydrogen (secondary N) is 1. The Morgan fingerprint density at radius 2 is 1.96 bits per heavy atom. The highest BCUT2D eigenvalue weighted by Crippen LogP contribution is 2.27. The van der Waals surface area contributed by atoms with Gasteiger partial charge >= 0.3 is 11.9 Å². The predicted molar refractivity (Wildman–Crippen MR) is 86.7 cm³/mol. The molecule has 0 atom stereocenters. The second-order valence-electron chi connectivity index (χ2n) is 4.84. The van der Waals surface area contributed by atoms with Crippen molar-refractivity contribution in [3.8, 4) is 11.5 Å². The Morgan fingerprint density at radius 1 is 1.21 bits per heavy atom. The Kier molecular flexibility index (Phi) is 6.01. The molecule has 0 radical (unpaired) electrons. The summed E-state index contributed by atoms with van der Waals surface area (Å²) in [5.41, 5.74) is 3.14. The minimum Gasteiger partial charge on any atom is -0.493 e. The predicted octanol–water partition coefficient (Wildman–Crippen LogP) is 1.06. The van der Waals surface area contributed by atoms with Crippen molar-refractivity contribution < 1.29 is 23.6 Å². The van der Waals surface area contributed by atoms with Gasteiger partial charge in [-0.15, -0.1) is 0 Å². The van der Waals surface area contributed by atoms with Crippen molar-refractivity contribution in [1.29, 1.82) is 0 Å². The quantitative estimate of drug-likeness (QED) is 0.283. The van der Waals surface area contributed by atoms with Crippen molar-refractivity contribution in [2.75, 3.05) is 7.11 Å². The van der Waals surface area contributed by atoms with Crippen LogP contribution in [-0.2, 0) is 16.1 Å². The van der Waals surface area contributed by atoms with Crippen LogP contribution in [0.15, 0.2) is 53.9 Å². The first-order valence-corrected chi connectivity index (χ1v) is 7.21. The van der Waals surface area contributed by atoms with Gasteiger partial charge in [0.25, 0.3) is 0 Å². The number of carbonyl (C=O) groups excluding carboxylic acids is 2. The van der Waals surface area contributed by atoms with E-state index in [1.807, 2.05) is 18.2 Å². The third kappa shape index (κ3) is 5.20. The van der Waals surface area contributed by atoms with Crippen LogP contribution in [0.4, 0.5) is 0 Å². The van der Waals surface area contributed by atoms with E-state index in [0.717, 1.165) is 0 Å². The molecule has 1 heterocycles. The Balaban J connectivity index is 1.96. The van der Waals surface area contributed by atoms with Crippen LogP contribution in [0, 0.1) is 0 Å². The summed E-state index contributed by atoms with van der Waals surface area (Å²) in [6.45, 7) is 1.49. The van der Waals surface area contributed by atoms with E-state index in [2.05, 4.69) is 10.5 Å². The number of pyridine rings is 1. The van der Waals surface area contributed by atoms with Crippen LogP contribution in [0.5, 0.6) is 11.5 Å². The van der Waals surface area contributed by atoms with Gasteiger partial charge < -0.3 is 9.47 Å². The highest BCUT2D eigenvalue weighted by Gasteiger charge is 2.08. The monoisotopic (exact) mass is 328 g/mol. The SMILES string of the molecule is COc1cc(/C=N/NC(=O)C[n+]2ccccc2)ccc1OC(C)=O. The summed E-state index contributed by atoms with van der Waals surface area (Å²) in [5, 5.41) is 3.90. The highest BCUT2D eigenvalue weighted by atomic mass is 16.6. The smallest absolute Gasteiger partial charge is 0.308 e. The number of hydrogen-bond acceptors (Lipinski definition) is 5. The third-order valence-electron chi connectivity index (χ3n) is 2.95. The number of benzene rings is 1. The van der Waals surface area contributed by atoms with E-state index < -0.39 is 5.97 Å². The van der Waals surface area contributed by atoms with Gasteiger partial charge in [-0.25, -0.2) is 5.43 Å². The fourth-order valence-electron chi connectivity index (χ4n) is 1.92. The molecule has 0 aliphatic carbocycles. The van der Waals surface area contributed by atoms with Crippen LogP contribution >= 0.6 is 0 Å². The summed E-state index contributed by atoms with van der Waals surface area (Å²) in [7, 11) is 1.47. The number of carbonyl (C=O) groups is 2. The van der Waals surface area contributed by atoms with E-state index >= 15 is 0 Å². The number of esters is 1. The lowest BCUT2D eigenvalue weighted by Gasteiger charge is -2.08. The number of methoxy groups -OCH3 is 1. The molecule has 124 valence electrons. The second-order valence-corrected chi connectivity index (χ2v) is 4.84. The number of hydrazone groups is 1. The van der Waals surface area contributed by atoms with Crippen LogP contribution in [0.1, 0.15) is 12.5 Å². The minimum absolute atomic E-state index is 0.174. The summed E-state index contributed by atoms with van der Waals surface area (Å²) in [6.07, 6.45) is 5.07. The number of nitrogens with zero attached hydrogens (tertiary/aromatic N) is 2. The Morgan fingerprint density at radius 3 is 2.62 bits per heavy atom. The summed E-state index contributed by atoms with van der Waals surface area (Å²) in [4.78, 5) is 22.8. The van der Waals surface area contributed by atoms with Crippen LogP contribution in [0.2, 0.25) is 0 Å². The molecule has 2 rings (SSSR count). The molecule has 1 amide bonds. The molecular weight excluding hydrogens is 310 g/mol. The number of aromatic nitrogens is 1. The molecule has 2 aromatic rings. The fourth-order valence-corrected chi connectivity index (χ4v) is 1.92. The van der Waals surface area contributed by atoms with Gasteiger partial charge in [-0.3, -0.25) is 9.59 Å². The van der Waals surface area contributed by atoms with Crippen LogP contribution in [0.25, 0.3) is 0 Å². The average molecular weight is 328 g/mol. The normalized spacial score (nSPS) is 10.4. The number of ether oxygens (including phenoxy) is 2. The lowest BCUT2D eigenvalue weighted by molar-refractivity contribution is -0.684. The molecule has 1 aromatic carbocycles. The van der Waals surface area contributed by atoms with Crippen LogP contribution in [-0.4, -0.2) is 25.2 Å². The number of hydrogen-bond donors (Lipinski definition) is 1. The van der Waals surface area contributed by atoms with Gasteiger partial charge in [0.05, 0.1) is 13.3 Å². The van der Waals surface area contributed by atoms with Crippen LogP contribution in [0.3, 0.4) is 0 Å². The van der Waals surface area contributed by atoms with Gasteiger partial charge in [-0.1, -0.05) is 6.07 Å². The standard InChI is InChI=1S/C17H17N3O4/c1-13(21)24-15-7-6-14(10-16(15)23-2)11-18-19-17(22)12-20-8-4-3-5-9-20/h3-11H,12H2,1-2H3/p+1/b18-11+. The molecule has 7 heteroatoms. The first-order valence-electron chi connectivity index (χ1n) is 7.21. The van der Waals surface area contributed by atoms with Gasteiger partial charge in [0, 0.05) is 19.1 Å². The lowest BCUT2D eigenvalue weighted by Crippen LogP contribution is -2.40. The molecular formula is C17H18N3O4+. The van der Waals surface area contributed by atoms with Crippen molar-refractivity contribution in [2.45, 2.75) is 13.5 Å². The molecule has 7 nitrogen and oxygen atoms in total. The van der Waals surface area contributed by atoms with Gasteiger partial charge in [0.2, 0.25) is 6.54 Å². The molecule has 0 saturated carbocycles. The zero-order valence-corrected chi connectivity index (χ0v) is 13.4. The van der Waals surface area contributed by atoms with E-state index in [-0.39, 0.29) is 12.5 Å². The molecule has 0 bridgehead atoms. The zero-order valence-electron chi connectivity index (χ0n) is 13.4.